The number of nitrogens with zero attached hydrogens (tertiary/aromatic N) is 2. The van der Waals surface area contributed by atoms with E-state index in [1.807, 2.05) is 47.0 Å². The molecule has 6 nitrogen and oxygen atoms in total. The van der Waals surface area contributed by atoms with Crippen molar-refractivity contribution in [3.8, 4) is 0 Å². The normalized spacial score (nSPS) is 11.5. The number of amides is 1. The Balaban J connectivity index is 1.69. The smallest absolute Gasteiger partial charge is 0.221 e. The molecular weight excluding hydrogens is 434 g/mol. The van der Waals surface area contributed by atoms with Gasteiger partial charge in [0.2, 0.25) is 5.91 Å². The van der Waals surface area contributed by atoms with E-state index in [1.54, 1.807) is 18.2 Å². The zero-order valence-electron chi connectivity index (χ0n) is 16.7. The number of fused-ring (bicyclic) bond motifs is 1. The van der Waals surface area contributed by atoms with Crippen molar-refractivity contribution in [2.45, 2.75) is 24.1 Å². The Labute approximate surface area is 185 Å². The van der Waals surface area contributed by atoms with Gasteiger partial charge in [0.25, 0.3) is 0 Å². The first-order chi connectivity index (χ1) is 14.8. The van der Waals surface area contributed by atoms with Gasteiger partial charge < -0.3 is 9.88 Å². The van der Waals surface area contributed by atoms with Crippen molar-refractivity contribution in [1.82, 2.24) is 9.55 Å². The molecule has 8 heteroatoms. The van der Waals surface area contributed by atoms with Gasteiger partial charge in [-0.1, -0.05) is 35.9 Å². The van der Waals surface area contributed by atoms with E-state index in [9.17, 15) is 13.2 Å². The van der Waals surface area contributed by atoms with E-state index < -0.39 is 9.84 Å². The fraction of sp³-hybridized carbons (Fsp3) is 0.130. The molecule has 4 aromatic rings. The number of hydrogen-bond acceptors (Lipinski definition) is 4. The van der Waals surface area contributed by atoms with E-state index in [1.165, 1.54) is 19.1 Å². The van der Waals surface area contributed by atoms with Crippen LogP contribution in [0.4, 0.5) is 5.69 Å². The van der Waals surface area contributed by atoms with E-state index in [0.29, 0.717) is 23.1 Å². The van der Waals surface area contributed by atoms with Crippen LogP contribution in [0, 0.1) is 0 Å². The predicted molar refractivity (Wildman–Crippen MR) is 122 cm³/mol. The molecule has 0 saturated carbocycles. The maximum absolute atomic E-state index is 13.1. The Morgan fingerprint density at radius 2 is 1.77 bits per heavy atom. The summed E-state index contributed by atoms with van der Waals surface area (Å²) in [5.41, 5.74) is 3.08. The quantitative estimate of drug-likeness (QED) is 0.460. The number of carbonyl (C=O) groups excluding carboxylic acids is 1. The van der Waals surface area contributed by atoms with Crippen LogP contribution in [0.15, 0.2) is 77.7 Å². The fourth-order valence-electron chi connectivity index (χ4n) is 3.43. The molecule has 1 heterocycles. The third-order valence-electron chi connectivity index (χ3n) is 4.82. The minimum Gasteiger partial charge on any atom is -0.326 e. The van der Waals surface area contributed by atoms with Crippen LogP contribution in [0.2, 0.25) is 5.02 Å². The summed E-state index contributed by atoms with van der Waals surface area (Å²) in [6.07, 6.45) is 0. The average molecular weight is 454 g/mol. The second-order valence-electron chi connectivity index (χ2n) is 7.20. The van der Waals surface area contributed by atoms with Gasteiger partial charge in [-0.2, -0.15) is 0 Å². The molecule has 1 N–H and O–H groups in total. The third kappa shape index (κ3) is 4.78. The minimum atomic E-state index is -3.65. The Bertz CT molecular complexity index is 1360. The van der Waals surface area contributed by atoms with Crippen LogP contribution in [0.25, 0.3) is 11.0 Å². The largest absolute Gasteiger partial charge is 0.326 e. The highest BCUT2D eigenvalue weighted by molar-refractivity contribution is 7.90. The number of aromatic nitrogens is 2. The number of benzene rings is 3. The van der Waals surface area contributed by atoms with Crippen LogP contribution in [0.3, 0.4) is 0 Å². The maximum atomic E-state index is 13.1. The summed E-state index contributed by atoms with van der Waals surface area (Å²) in [4.78, 5) is 15.9. The fourth-order valence-corrected chi connectivity index (χ4v) is 4.92. The lowest BCUT2D eigenvalue weighted by molar-refractivity contribution is -0.114. The zero-order valence-corrected chi connectivity index (χ0v) is 18.3. The summed E-state index contributed by atoms with van der Waals surface area (Å²) in [5.74, 6) is -0.0145. The summed E-state index contributed by atoms with van der Waals surface area (Å²) < 4.78 is 28.1. The van der Waals surface area contributed by atoms with Crippen LogP contribution < -0.4 is 5.32 Å². The summed E-state index contributed by atoms with van der Waals surface area (Å²) in [6, 6.07) is 21.1. The number of nitrogens with one attached hydrogen (secondary N) is 1. The van der Waals surface area contributed by atoms with Crippen molar-refractivity contribution < 1.29 is 13.2 Å². The van der Waals surface area contributed by atoms with Gasteiger partial charge in [0.1, 0.15) is 11.6 Å². The number of hydrogen-bond donors (Lipinski definition) is 1. The SMILES string of the molecule is CC(=O)Nc1ccc(S(=O)(=O)Cc2nc3ccccc3n2Cc2cccc(Cl)c2)cc1. The molecule has 31 heavy (non-hydrogen) atoms. The molecule has 0 radical (unpaired) electrons. The van der Waals surface area contributed by atoms with E-state index in [0.717, 1.165) is 16.6 Å². The van der Waals surface area contributed by atoms with Crippen LogP contribution in [0.1, 0.15) is 18.3 Å². The number of imidazole rings is 1. The van der Waals surface area contributed by atoms with Gasteiger partial charge in [0.15, 0.2) is 9.84 Å². The van der Waals surface area contributed by atoms with Gasteiger partial charge in [0, 0.05) is 24.2 Å². The molecule has 0 aliphatic heterocycles. The van der Waals surface area contributed by atoms with Gasteiger partial charge in [0.05, 0.1) is 15.9 Å². The van der Waals surface area contributed by atoms with Gasteiger partial charge in [-0.3, -0.25) is 4.79 Å². The molecule has 1 aromatic heterocycles. The van der Waals surface area contributed by atoms with Crippen molar-refractivity contribution in [1.29, 1.82) is 0 Å². The number of sulfone groups is 1. The van der Waals surface area contributed by atoms with E-state index in [2.05, 4.69) is 10.3 Å². The lowest BCUT2D eigenvalue weighted by atomic mass is 10.2. The molecule has 4 rings (SSSR count). The number of para-hydroxylation sites is 2. The van der Waals surface area contributed by atoms with Crippen LogP contribution in [-0.2, 0) is 26.9 Å². The molecule has 0 fully saturated rings. The summed E-state index contributed by atoms with van der Waals surface area (Å²) in [5, 5.41) is 3.25. The number of carbonyl (C=O) groups is 1. The Kier molecular flexibility index (Phi) is 5.80. The lowest BCUT2D eigenvalue weighted by Crippen LogP contribution is -2.12. The lowest BCUT2D eigenvalue weighted by Gasteiger charge is -2.11. The first-order valence-electron chi connectivity index (χ1n) is 9.61. The molecule has 0 saturated heterocycles. The van der Waals surface area contributed by atoms with Crippen molar-refractivity contribution in [2.24, 2.45) is 0 Å². The molecule has 0 aliphatic rings. The van der Waals surface area contributed by atoms with Gasteiger partial charge in [-0.25, -0.2) is 13.4 Å². The van der Waals surface area contributed by atoms with Gasteiger partial charge in [-0.05, 0) is 54.1 Å². The van der Waals surface area contributed by atoms with Crippen molar-refractivity contribution in [2.75, 3.05) is 5.32 Å². The third-order valence-corrected chi connectivity index (χ3v) is 6.68. The molecule has 0 bridgehead atoms. The van der Waals surface area contributed by atoms with Gasteiger partial charge >= 0.3 is 0 Å². The second kappa shape index (κ2) is 8.53. The molecular formula is C23H20ClN3O3S. The van der Waals surface area contributed by atoms with E-state index in [4.69, 9.17) is 11.6 Å². The zero-order chi connectivity index (χ0) is 22.0. The topological polar surface area (TPSA) is 81.1 Å². The van der Waals surface area contributed by atoms with Crippen molar-refractivity contribution >= 4 is 44.1 Å². The first-order valence-corrected chi connectivity index (χ1v) is 11.6. The molecule has 0 atom stereocenters. The highest BCUT2D eigenvalue weighted by Gasteiger charge is 2.21. The Morgan fingerprint density at radius 3 is 2.48 bits per heavy atom. The molecule has 0 unspecified atom stereocenters. The number of anilines is 1. The highest BCUT2D eigenvalue weighted by atomic mass is 35.5. The first kappa shape index (κ1) is 21.1. The molecule has 158 valence electrons. The molecule has 0 aliphatic carbocycles. The summed E-state index contributed by atoms with van der Waals surface area (Å²) in [7, 11) is -3.65. The van der Waals surface area contributed by atoms with E-state index >= 15 is 0 Å². The minimum absolute atomic E-state index is 0.169. The van der Waals surface area contributed by atoms with Crippen LogP contribution in [-0.4, -0.2) is 23.9 Å². The summed E-state index contributed by atoms with van der Waals surface area (Å²) in [6.45, 7) is 1.85. The van der Waals surface area contributed by atoms with Crippen LogP contribution in [0.5, 0.6) is 0 Å². The van der Waals surface area contributed by atoms with Crippen molar-refractivity contribution in [3.63, 3.8) is 0 Å². The number of halogens is 1. The van der Waals surface area contributed by atoms with E-state index in [-0.39, 0.29) is 16.6 Å². The molecule has 1 amide bonds. The molecule has 0 spiro atoms. The Hall–Kier alpha value is -3.16. The number of rotatable bonds is 6. The highest BCUT2D eigenvalue weighted by Crippen LogP contribution is 2.24. The van der Waals surface area contributed by atoms with Crippen molar-refractivity contribution in [3.05, 3.63) is 89.2 Å². The second-order valence-corrected chi connectivity index (χ2v) is 9.62. The monoisotopic (exact) mass is 453 g/mol. The Morgan fingerprint density at radius 1 is 1.03 bits per heavy atom. The van der Waals surface area contributed by atoms with Gasteiger partial charge in [-0.15, -0.1) is 0 Å². The maximum Gasteiger partial charge on any atom is 0.221 e. The molecule has 3 aromatic carbocycles. The standard InChI is InChI=1S/C23H20ClN3O3S/c1-16(28)25-19-9-11-20(12-10-19)31(29,30)15-23-26-21-7-2-3-8-22(21)27(23)14-17-5-4-6-18(24)13-17/h2-13H,14-15H2,1H3,(H,25,28). The van der Waals surface area contributed by atoms with Crippen LogP contribution >= 0.6 is 11.6 Å². The predicted octanol–water partition coefficient (Wildman–Crippen LogP) is 4.67. The average Bonchev–Trinajstić information content (AvgIpc) is 3.04. The summed E-state index contributed by atoms with van der Waals surface area (Å²) >= 11 is 6.13.